The van der Waals surface area contributed by atoms with Crippen LogP contribution in [0.2, 0.25) is 0 Å². The van der Waals surface area contributed by atoms with E-state index in [0.29, 0.717) is 6.54 Å². The van der Waals surface area contributed by atoms with Crippen LogP contribution >= 0.6 is 11.6 Å². The Kier molecular flexibility index (Phi) is 4.88. The maximum absolute atomic E-state index is 6.10. The molecule has 0 aromatic heterocycles. The molecule has 0 saturated carbocycles. The second-order valence-electron chi connectivity index (χ2n) is 3.34. The zero-order valence-corrected chi connectivity index (χ0v) is 9.59. The number of hydrogen-bond donors (Lipinski definition) is 0. The van der Waals surface area contributed by atoms with Gasteiger partial charge in [-0.1, -0.05) is 19.4 Å². The molecule has 0 spiro atoms. The summed E-state index contributed by atoms with van der Waals surface area (Å²) in [6, 6.07) is 0. The molecule has 0 unspecified atom stereocenters. The fourth-order valence-corrected chi connectivity index (χ4v) is 1.49. The van der Waals surface area contributed by atoms with Crippen molar-refractivity contribution in [3.8, 4) is 0 Å². The van der Waals surface area contributed by atoms with Gasteiger partial charge in [0.25, 0.3) is 0 Å². The van der Waals surface area contributed by atoms with E-state index < -0.39 is 0 Å². The van der Waals surface area contributed by atoms with Crippen molar-refractivity contribution in [1.82, 2.24) is 0 Å². The van der Waals surface area contributed by atoms with Crippen LogP contribution < -0.4 is 0 Å². The van der Waals surface area contributed by atoms with Gasteiger partial charge in [0.15, 0.2) is 0 Å². The topological polar surface area (TPSA) is 24.7 Å². The molecule has 78 valence electrons. The highest BCUT2D eigenvalue weighted by Crippen LogP contribution is 2.11. The first-order valence-electron chi connectivity index (χ1n) is 5.14. The Morgan fingerprint density at radius 3 is 2.93 bits per heavy atom. The van der Waals surface area contributed by atoms with Crippen LogP contribution in [0.1, 0.15) is 33.1 Å². The molecule has 1 aliphatic rings. The van der Waals surface area contributed by atoms with Crippen LogP contribution in [0.25, 0.3) is 0 Å². The van der Waals surface area contributed by atoms with Gasteiger partial charge in [-0.05, 0) is 12.8 Å². The number of hydrogen-bond acceptors (Lipinski definition) is 2. The van der Waals surface area contributed by atoms with Crippen molar-refractivity contribution < 1.29 is 0 Å². The lowest BCUT2D eigenvalue weighted by Gasteiger charge is -2.12. The minimum Gasteiger partial charge on any atom is -0.291 e. The molecule has 1 heterocycles. The maximum atomic E-state index is 6.10. The molecule has 0 bridgehead atoms. The summed E-state index contributed by atoms with van der Waals surface area (Å²) >= 11 is 6.10. The minimum atomic E-state index is 0.0405. The molecule has 3 heteroatoms. The lowest BCUT2D eigenvalue weighted by atomic mass is 10.1. The predicted molar refractivity (Wildman–Crippen MR) is 63.7 cm³/mol. The van der Waals surface area contributed by atoms with Gasteiger partial charge in [-0.3, -0.25) is 9.98 Å². The Labute approximate surface area is 90.8 Å². The molecule has 0 amide bonds. The van der Waals surface area contributed by atoms with Crippen LogP contribution in [0.5, 0.6) is 0 Å². The fraction of sp³-hybridized carbons (Fsp3) is 0.636. The Morgan fingerprint density at radius 1 is 1.64 bits per heavy atom. The van der Waals surface area contributed by atoms with E-state index in [1.54, 1.807) is 0 Å². The van der Waals surface area contributed by atoms with E-state index in [4.69, 9.17) is 11.6 Å². The highest BCUT2D eigenvalue weighted by Gasteiger charge is 2.13. The highest BCUT2D eigenvalue weighted by molar-refractivity contribution is 6.33. The van der Waals surface area contributed by atoms with Crippen molar-refractivity contribution in [3.05, 3.63) is 11.8 Å². The Bertz CT molecular complexity index is 260. The summed E-state index contributed by atoms with van der Waals surface area (Å²) in [6.07, 6.45) is 6.75. The van der Waals surface area contributed by atoms with E-state index in [1.165, 1.54) is 5.57 Å². The lowest BCUT2D eigenvalue weighted by molar-refractivity contribution is 0.965. The summed E-state index contributed by atoms with van der Waals surface area (Å²) in [5.74, 6) is 0. The van der Waals surface area contributed by atoms with Crippen molar-refractivity contribution in [3.63, 3.8) is 0 Å². The standard InChI is InChI=1S/C11H17ClN2/c1-3-9(4-2)7-14-11-8-13-6-5-10(11)12/h6-7,10H,3-5,8H2,1-2H3/t10-/m1/s1. The summed E-state index contributed by atoms with van der Waals surface area (Å²) < 4.78 is 0. The van der Waals surface area contributed by atoms with Crippen LogP contribution in [-0.4, -0.2) is 23.8 Å². The number of halogens is 1. The van der Waals surface area contributed by atoms with Crippen LogP contribution in [0.4, 0.5) is 0 Å². The third kappa shape index (κ3) is 3.26. The molecule has 0 aromatic rings. The van der Waals surface area contributed by atoms with Crippen molar-refractivity contribution in [2.75, 3.05) is 6.54 Å². The van der Waals surface area contributed by atoms with Crippen LogP contribution in [0.3, 0.4) is 0 Å². The molecule has 0 aliphatic carbocycles. The summed E-state index contributed by atoms with van der Waals surface area (Å²) in [4.78, 5) is 8.58. The number of nitrogens with zero attached hydrogens (tertiary/aromatic N) is 2. The predicted octanol–water partition coefficient (Wildman–Crippen LogP) is 3.21. The minimum absolute atomic E-state index is 0.0405. The van der Waals surface area contributed by atoms with Gasteiger partial charge in [0, 0.05) is 18.8 Å². The quantitative estimate of drug-likeness (QED) is 0.642. The third-order valence-electron chi connectivity index (χ3n) is 2.38. The van der Waals surface area contributed by atoms with Crippen molar-refractivity contribution in [2.45, 2.75) is 38.5 Å². The van der Waals surface area contributed by atoms with Gasteiger partial charge in [0.05, 0.1) is 17.6 Å². The first kappa shape index (κ1) is 11.4. The second kappa shape index (κ2) is 5.97. The fourth-order valence-electron chi connectivity index (χ4n) is 1.29. The van der Waals surface area contributed by atoms with E-state index >= 15 is 0 Å². The number of rotatable bonds is 3. The third-order valence-corrected chi connectivity index (χ3v) is 2.81. The van der Waals surface area contributed by atoms with Gasteiger partial charge in [-0.25, -0.2) is 0 Å². The summed E-state index contributed by atoms with van der Waals surface area (Å²) in [5, 5.41) is 0.0405. The average Bonchev–Trinajstić information content (AvgIpc) is 2.22. The first-order valence-corrected chi connectivity index (χ1v) is 5.58. The van der Waals surface area contributed by atoms with E-state index in [9.17, 15) is 0 Å². The van der Waals surface area contributed by atoms with E-state index in [2.05, 4.69) is 23.8 Å². The largest absolute Gasteiger partial charge is 0.291 e. The summed E-state index contributed by atoms with van der Waals surface area (Å²) in [6.45, 7) is 4.95. The normalized spacial score (nSPS) is 23.9. The molecule has 0 radical (unpaired) electrons. The SMILES string of the molecule is CCC(=CN=C1CN=CC[C@H]1Cl)CC. The zero-order valence-electron chi connectivity index (χ0n) is 8.83. The second-order valence-corrected chi connectivity index (χ2v) is 3.87. The number of allylic oxidation sites excluding steroid dienone is 1. The number of aliphatic imine (C=N–C) groups is 2. The molecule has 1 rings (SSSR count). The van der Waals surface area contributed by atoms with Gasteiger partial charge in [-0.15, -0.1) is 11.6 Å². The molecule has 0 saturated heterocycles. The van der Waals surface area contributed by atoms with E-state index in [0.717, 1.165) is 25.0 Å². The molecule has 1 aliphatic heterocycles. The zero-order chi connectivity index (χ0) is 10.4. The summed E-state index contributed by atoms with van der Waals surface area (Å²) in [5.41, 5.74) is 2.35. The maximum Gasteiger partial charge on any atom is 0.0786 e. The molecule has 0 aromatic carbocycles. The van der Waals surface area contributed by atoms with Gasteiger partial charge in [0.2, 0.25) is 0 Å². The van der Waals surface area contributed by atoms with Crippen molar-refractivity contribution >= 4 is 23.5 Å². The van der Waals surface area contributed by atoms with Crippen LogP contribution in [-0.2, 0) is 0 Å². The molecule has 0 N–H and O–H groups in total. The molecule has 1 atom stereocenters. The first-order chi connectivity index (χ1) is 6.77. The number of alkyl halides is 1. The molecule has 14 heavy (non-hydrogen) atoms. The molecular formula is C11H17ClN2. The van der Waals surface area contributed by atoms with Gasteiger partial charge in [0.1, 0.15) is 0 Å². The monoisotopic (exact) mass is 212 g/mol. The van der Waals surface area contributed by atoms with E-state index in [-0.39, 0.29) is 5.38 Å². The highest BCUT2D eigenvalue weighted by atomic mass is 35.5. The lowest BCUT2D eigenvalue weighted by Crippen LogP contribution is -2.22. The molecule has 0 fully saturated rings. The van der Waals surface area contributed by atoms with Gasteiger partial charge >= 0.3 is 0 Å². The Morgan fingerprint density at radius 2 is 2.36 bits per heavy atom. The molecule has 2 nitrogen and oxygen atoms in total. The van der Waals surface area contributed by atoms with E-state index in [1.807, 2.05) is 12.4 Å². The molecular weight excluding hydrogens is 196 g/mol. The average molecular weight is 213 g/mol. The van der Waals surface area contributed by atoms with Gasteiger partial charge < -0.3 is 0 Å². The van der Waals surface area contributed by atoms with Crippen molar-refractivity contribution in [2.24, 2.45) is 9.98 Å². The smallest absolute Gasteiger partial charge is 0.0786 e. The Hall–Kier alpha value is -0.630. The van der Waals surface area contributed by atoms with Crippen LogP contribution in [0, 0.1) is 0 Å². The van der Waals surface area contributed by atoms with Crippen molar-refractivity contribution in [1.29, 1.82) is 0 Å². The van der Waals surface area contributed by atoms with Crippen LogP contribution in [0.15, 0.2) is 21.8 Å². The summed E-state index contributed by atoms with van der Waals surface area (Å²) in [7, 11) is 0. The van der Waals surface area contributed by atoms with Gasteiger partial charge in [-0.2, -0.15) is 0 Å². The Balaban J connectivity index is 2.67.